The molecule has 0 fully saturated rings. The smallest absolute Gasteiger partial charge is 0.125 e. The van der Waals surface area contributed by atoms with Gasteiger partial charge in [0.1, 0.15) is 42.3 Å². The molecule has 124 valence electrons. The first-order valence-corrected chi connectivity index (χ1v) is 7.31. The first-order chi connectivity index (χ1) is 11.2. The summed E-state index contributed by atoms with van der Waals surface area (Å²) in [6.45, 7) is 0.804. The van der Waals surface area contributed by atoms with Gasteiger partial charge in [-0.2, -0.15) is 0 Å². The summed E-state index contributed by atoms with van der Waals surface area (Å²) in [5.74, 6) is 3.11. The SMILES string of the molecule is COc1ccc(OCC(COc2ccc(OC)cc2)OC)cc1. The second-order valence-electron chi connectivity index (χ2n) is 4.83. The van der Waals surface area contributed by atoms with Gasteiger partial charge in [-0.05, 0) is 48.5 Å². The van der Waals surface area contributed by atoms with Crippen molar-refractivity contribution in [3.05, 3.63) is 48.5 Å². The second kappa shape index (κ2) is 8.90. The van der Waals surface area contributed by atoms with Crippen molar-refractivity contribution in [3.63, 3.8) is 0 Å². The fourth-order valence-electron chi connectivity index (χ4n) is 1.91. The van der Waals surface area contributed by atoms with E-state index in [1.165, 1.54) is 0 Å². The lowest BCUT2D eigenvalue weighted by Gasteiger charge is -2.17. The third-order valence-corrected chi connectivity index (χ3v) is 3.32. The maximum Gasteiger partial charge on any atom is 0.125 e. The van der Waals surface area contributed by atoms with Gasteiger partial charge in [-0.25, -0.2) is 0 Å². The summed E-state index contributed by atoms with van der Waals surface area (Å²) in [6, 6.07) is 14.8. The van der Waals surface area contributed by atoms with E-state index in [4.69, 9.17) is 23.7 Å². The molecule has 0 aliphatic heterocycles. The molecule has 0 spiro atoms. The molecule has 0 atom stereocenters. The zero-order chi connectivity index (χ0) is 16.5. The molecular weight excluding hydrogens is 296 g/mol. The molecule has 0 heterocycles. The van der Waals surface area contributed by atoms with Crippen LogP contribution in [0.2, 0.25) is 0 Å². The summed E-state index contributed by atoms with van der Waals surface area (Å²) in [5, 5.41) is 0. The highest BCUT2D eigenvalue weighted by molar-refractivity contribution is 5.32. The van der Waals surface area contributed by atoms with E-state index >= 15 is 0 Å². The zero-order valence-electron chi connectivity index (χ0n) is 13.7. The molecule has 0 unspecified atom stereocenters. The van der Waals surface area contributed by atoms with Gasteiger partial charge in [-0.1, -0.05) is 0 Å². The summed E-state index contributed by atoms with van der Waals surface area (Å²) in [7, 11) is 4.90. The van der Waals surface area contributed by atoms with E-state index in [9.17, 15) is 0 Å². The summed E-state index contributed by atoms with van der Waals surface area (Å²) >= 11 is 0. The topological polar surface area (TPSA) is 46.2 Å². The van der Waals surface area contributed by atoms with Crippen LogP contribution in [0.5, 0.6) is 23.0 Å². The van der Waals surface area contributed by atoms with Crippen molar-refractivity contribution >= 4 is 0 Å². The Bertz CT molecular complexity index is 513. The van der Waals surface area contributed by atoms with E-state index < -0.39 is 0 Å². The Morgan fingerprint density at radius 2 is 0.957 bits per heavy atom. The molecule has 0 saturated carbocycles. The Balaban J connectivity index is 1.79. The van der Waals surface area contributed by atoms with Crippen molar-refractivity contribution < 1.29 is 23.7 Å². The highest BCUT2D eigenvalue weighted by Gasteiger charge is 2.10. The molecule has 2 aromatic carbocycles. The molecule has 0 N–H and O–H groups in total. The van der Waals surface area contributed by atoms with Crippen LogP contribution in [0.1, 0.15) is 0 Å². The minimum absolute atomic E-state index is 0.167. The van der Waals surface area contributed by atoms with Gasteiger partial charge in [0.15, 0.2) is 0 Å². The highest BCUT2D eigenvalue weighted by Crippen LogP contribution is 2.19. The Labute approximate surface area is 136 Å². The maximum absolute atomic E-state index is 5.70. The Hall–Kier alpha value is -2.40. The Kier molecular flexibility index (Phi) is 6.56. The van der Waals surface area contributed by atoms with Gasteiger partial charge in [0.05, 0.1) is 14.2 Å². The predicted molar refractivity (Wildman–Crippen MR) is 87.8 cm³/mol. The van der Waals surface area contributed by atoms with Crippen LogP contribution < -0.4 is 18.9 Å². The molecule has 2 aromatic rings. The summed E-state index contributed by atoms with van der Waals surface area (Å²) in [4.78, 5) is 0. The number of rotatable bonds is 9. The first kappa shape index (κ1) is 17.0. The fraction of sp³-hybridized carbons (Fsp3) is 0.333. The lowest BCUT2D eigenvalue weighted by Crippen LogP contribution is -2.27. The monoisotopic (exact) mass is 318 g/mol. The minimum atomic E-state index is -0.167. The zero-order valence-corrected chi connectivity index (χ0v) is 13.7. The van der Waals surface area contributed by atoms with Crippen LogP contribution in [-0.2, 0) is 4.74 Å². The maximum atomic E-state index is 5.70. The van der Waals surface area contributed by atoms with Crippen LogP contribution >= 0.6 is 0 Å². The number of ether oxygens (including phenoxy) is 5. The van der Waals surface area contributed by atoms with E-state index in [0.717, 1.165) is 23.0 Å². The van der Waals surface area contributed by atoms with Crippen LogP contribution in [-0.4, -0.2) is 40.6 Å². The third kappa shape index (κ3) is 5.38. The average molecular weight is 318 g/mol. The van der Waals surface area contributed by atoms with Crippen LogP contribution in [0, 0.1) is 0 Å². The molecule has 0 aliphatic carbocycles. The molecule has 0 amide bonds. The lowest BCUT2D eigenvalue weighted by atomic mass is 10.3. The lowest BCUT2D eigenvalue weighted by molar-refractivity contribution is 0.0237. The van der Waals surface area contributed by atoms with Gasteiger partial charge in [-0.3, -0.25) is 0 Å². The van der Waals surface area contributed by atoms with Gasteiger partial charge >= 0.3 is 0 Å². The summed E-state index contributed by atoms with van der Waals surface area (Å²) < 4.78 is 27.0. The fourth-order valence-corrected chi connectivity index (χ4v) is 1.91. The third-order valence-electron chi connectivity index (χ3n) is 3.32. The van der Waals surface area contributed by atoms with Crippen molar-refractivity contribution in [2.45, 2.75) is 6.10 Å². The van der Waals surface area contributed by atoms with Crippen molar-refractivity contribution in [1.82, 2.24) is 0 Å². The van der Waals surface area contributed by atoms with Gasteiger partial charge in [0.25, 0.3) is 0 Å². The van der Waals surface area contributed by atoms with Gasteiger partial charge in [0, 0.05) is 7.11 Å². The van der Waals surface area contributed by atoms with Crippen molar-refractivity contribution in [1.29, 1.82) is 0 Å². The molecule has 0 bridgehead atoms. The average Bonchev–Trinajstić information content (AvgIpc) is 2.62. The standard InChI is InChI=1S/C18H22O5/c1-19-14-4-8-16(9-5-14)22-12-18(21-3)13-23-17-10-6-15(20-2)7-11-17/h4-11,18H,12-13H2,1-3H3. The van der Waals surface area contributed by atoms with Crippen molar-refractivity contribution in [3.8, 4) is 23.0 Å². The van der Waals surface area contributed by atoms with E-state index in [1.807, 2.05) is 48.5 Å². The number of methoxy groups -OCH3 is 3. The molecule has 5 heteroatoms. The molecule has 0 aromatic heterocycles. The van der Waals surface area contributed by atoms with Crippen molar-refractivity contribution in [2.24, 2.45) is 0 Å². The van der Waals surface area contributed by atoms with E-state index in [-0.39, 0.29) is 6.10 Å². The normalized spacial score (nSPS) is 10.4. The summed E-state index contributed by atoms with van der Waals surface area (Å²) in [6.07, 6.45) is -0.167. The molecule has 0 radical (unpaired) electrons. The predicted octanol–water partition coefficient (Wildman–Crippen LogP) is 3.18. The quantitative estimate of drug-likeness (QED) is 0.710. The van der Waals surface area contributed by atoms with Gasteiger partial charge in [0.2, 0.25) is 0 Å². The molecule has 2 rings (SSSR count). The molecule has 5 nitrogen and oxygen atoms in total. The Morgan fingerprint density at radius 1 is 0.609 bits per heavy atom. The van der Waals surface area contributed by atoms with Crippen LogP contribution in [0.25, 0.3) is 0 Å². The van der Waals surface area contributed by atoms with E-state index in [1.54, 1.807) is 21.3 Å². The molecular formula is C18H22O5. The van der Waals surface area contributed by atoms with Gasteiger partial charge < -0.3 is 23.7 Å². The molecule has 23 heavy (non-hydrogen) atoms. The minimum Gasteiger partial charge on any atom is -0.497 e. The van der Waals surface area contributed by atoms with Crippen LogP contribution in [0.15, 0.2) is 48.5 Å². The van der Waals surface area contributed by atoms with Crippen molar-refractivity contribution in [2.75, 3.05) is 34.5 Å². The molecule has 0 saturated heterocycles. The van der Waals surface area contributed by atoms with E-state index in [0.29, 0.717) is 13.2 Å². The molecule has 0 aliphatic rings. The Morgan fingerprint density at radius 3 is 1.26 bits per heavy atom. The van der Waals surface area contributed by atoms with Crippen LogP contribution in [0.4, 0.5) is 0 Å². The summed E-state index contributed by atoms with van der Waals surface area (Å²) in [5.41, 5.74) is 0. The van der Waals surface area contributed by atoms with E-state index in [2.05, 4.69) is 0 Å². The second-order valence-corrected chi connectivity index (χ2v) is 4.83. The van der Waals surface area contributed by atoms with Crippen LogP contribution in [0.3, 0.4) is 0 Å². The van der Waals surface area contributed by atoms with Gasteiger partial charge in [-0.15, -0.1) is 0 Å². The number of hydrogen-bond donors (Lipinski definition) is 0. The number of hydrogen-bond acceptors (Lipinski definition) is 5. The highest BCUT2D eigenvalue weighted by atomic mass is 16.6. The first-order valence-electron chi connectivity index (χ1n) is 7.31. The largest absolute Gasteiger partial charge is 0.497 e. The number of benzene rings is 2.